The van der Waals surface area contributed by atoms with E-state index in [0.717, 1.165) is 15.7 Å². The van der Waals surface area contributed by atoms with Gasteiger partial charge in [-0.25, -0.2) is 0 Å². The zero-order valence-corrected chi connectivity index (χ0v) is 13.9. The third-order valence-electron chi connectivity index (χ3n) is 1.69. The first-order chi connectivity index (χ1) is 4.61. The Bertz CT molecular complexity index is 90.3. The molecule has 0 spiro atoms. The molecule has 0 aromatic heterocycles. The van der Waals surface area contributed by atoms with E-state index in [-0.39, 0.29) is 0 Å². The molecule has 10 heavy (non-hydrogen) atoms. The van der Waals surface area contributed by atoms with Crippen LogP contribution < -0.4 is 0 Å². The molecule has 0 heterocycles. The molecule has 0 saturated heterocycles. The Morgan fingerprint density at radius 2 is 0.800 bits per heavy atom. The van der Waals surface area contributed by atoms with E-state index in [1.807, 2.05) is 0 Å². The molecule has 0 radical (unpaired) electrons. The topological polar surface area (TPSA) is 0 Å². The van der Waals surface area contributed by atoms with E-state index in [0.29, 0.717) is 0 Å². The van der Waals surface area contributed by atoms with Crippen molar-refractivity contribution in [1.29, 1.82) is 0 Å². The Balaban J connectivity index is 2.46. The molecule has 1 rings (SSSR count). The molecule has 0 aromatic rings. The first kappa shape index (κ1) is 11.0. The third kappa shape index (κ3) is 3.00. The van der Waals surface area contributed by atoms with Gasteiger partial charge in [-0.2, -0.15) is 0 Å². The fourth-order valence-electron chi connectivity index (χ4n) is 1.02. The molecule has 0 aromatic carbocycles. The first-order valence-electron chi connectivity index (χ1n) is 3.17. The molecule has 0 aliphatic heterocycles. The van der Waals surface area contributed by atoms with E-state index in [1.54, 1.807) is 0 Å². The maximum absolute atomic E-state index is 2.59. The highest BCUT2D eigenvalue weighted by Crippen LogP contribution is 2.37. The molecular formula is C6H8I4. The van der Waals surface area contributed by atoms with E-state index >= 15 is 0 Å². The molecule has 1 aliphatic rings. The van der Waals surface area contributed by atoms with Gasteiger partial charge in [0.1, 0.15) is 0 Å². The van der Waals surface area contributed by atoms with E-state index < -0.39 is 0 Å². The zero-order valence-electron chi connectivity index (χ0n) is 5.24. The second-order valence-electron chi connectivity index (χ2n) is 2.54. The minimum atomic E-state index is 0.908. The zero-order chi connectivity index (χ0) is 7.72. The van der Waals surface area contributed by atoms with Gasteiger partial charge in [0.25, 0.3) is 0 Å². The van der Waals surface area contributed by atoms with Gasteiger partial charge in [-0.1, -0.05) is 90.4 Å². The van der Waals surface area contributed by atoms with Crippen molar-refractivity contribution in [3.05, 3.63) is 0 Å². The molecule has 1 fully saturated rings. The molecule has 4 unspecified atom stereocenters. The van der Waals surface area contributed by atoms with Crippen molar-refractivity contribution in [2.75, 3.05) is 0 Å². The van der Waals surface area contributed by atoms with Crippen molar-refractivity contribution < 1.29 is 0 Å². The Morgan fingerprint density at radius 3 is 1.00 bits per heavy atom. The summed E-state index contributed by atoms with van der Waals surface area (Å²) >= 11 is 10.4. The summed E-state index contributed by atoms with van der Waals surface area (Å²) in [5.74, 6) is 0. The molecule has 4 heteroatoms. The van der Waals surface area contributed by atoms with Gasteiger partial charge >= 0.3 is 0 Å². The number of hydrogen-bond acceptors (Lipinski definition) is 0. The van der Waals surface area contributed by atoms with Gasteiger partial charge in [-0.05, 0) is 12.8 Å². The summed E-state index contributed by atoms with van der Waals surface area (Å²) in [6.07, 6.45) is 2.81. The van der Waals surface area contributed by atoms with Crippen LogP contribution in [0.1, 0.15) is 12.8 Å². The summed E-state index contributed by atoms with van der Waals surface area (Å²) in [6, 6.07) is 0. The highest BCUT2D eigenvalue weighted by atomic mass is 127. The van der Waals surface area contributed by atoms with Crippen molar-refractivity contribution in [3.8, 4) is 0 Å². The molecule has 1 saturated carbocycles. The van der Waals surface area contributed by atoms with Crippen LogP contribution in [0.15, 0.2) is 0 Å². The molecule has 0 bridgehead atoms. The lowest BCUT2D eigenvalue weighted by atomic mass is 10.0. The summed E-state index contributed by atoms with van der Waals surface area (Å²) in [5, 5.41) is 0. The van der Waals surface area contributed by atoms with Gasteiger partial charge in [0.05, 0.1) is 0 Å². The average molecular weight is 588 g/mol. The summed E-state index contributed by atoms with van der Waals surface area (Å²) in [7, 11) is 0. The molecule has 0 nitrogen and oxygen atoms in total. The molecular weight excluding hydrogens is 580 g/mol. The van der Waals surface area contributed by atoms with E-state index in [9.17, 15) is 0 Å². The molecule has 0 amide bonds. The molecule has 60 valence electrons. The van der Waals surface area contributed by atoms with Gasteiger partial charge in [0.2, 0.25) is 0 Å². The lowest BCUT2D eigenvalue weighted by Crippen LogP contribution is -2.32. The minimum absolute atomic E-state index is 0.908. The Morgan fingerprint density at radius 1 is 0.600 bits per heavy atom. The van der Waals surface area contributed by atoms with Crippen molar-refractivity contribution in [3.63, 3.8) is 0 Å². The van der Waals surface area contributed by atoms with Gasteiger partial charge in [0, 0.05) is 15.7 Å². The number of hydrogen-bond donors (Lipinski definition) is 0. The maximum atomic E-state index is 2.59. The lowest BCUT2D eigenvalue weighted by Gasteiger charge is -2.30. The molecule has 0 N–H and O–H groups in total. The number of halogens is 4. The van der Waals surface area contributed by atoms with Crippen LogP contribution >= 0.6 is 90.4 Å². The Hall–Kier alpha value is 2.92. The normalized spacial score (nSPS) is 49.2. The summed E-state index contributed by atoms with van der Waals surface area (Å²) in [5.41, 5.74) is 0. The van der Waals surface area contributed by atoms with Crippen LogP contribution in [0.2, 0.25) is 0 Å². The van der Waals surface area contributed by atoms with Crippen LogP contribution in [0.3, 0.4) is 0 Å². The average Bonchev–Trinajstić information content (AvgIpc) is 1.84. The fraction of sp³-hybridized carbons (Fsp3) is 1.00. The summed E-state index contributed by atoms with van der Waals surface area (Å²) in [4.78, 5) is 0. The third-order valence-corrected chi connectivity index (χ3v) is 9.94. The Labute approximate surface area is 117 Å². The van der Waals surface area contributed by atoms with Gasteiger partial charge < -0.3 is 0 Å². The predicted molar refractivity (Wildman–Crippen MR) is 80.5 cm³/mol. The smallest absolute Gasteiger partial charge is 0.0238 e. The van der Waals surface area contributed by atoms with Crippen LogP contribution in [0.5, 0.6) is 0 Å². The van der Waals surface area contributed by atoms with E-state index in [4.69, 9.17) is 0 Å². The van der Waals surface area contributed by atoms with Gasteiger partial charge in [-0.15, -0.1) is 0 Å². The van der Waals surface area contributed by atoms with Crippen molar-refractivity contribution in [2.45, 2.75) is 28.5 Å². The largest absolute Gasteiger partial charge is 0.0814 e. The van der Waals surface area contributed by atoms with Gasteiger partial charge in [-0.3, -0.25) is 0 Å². The first-order valence-corrected chi connectivity index (χ1v) is 8.16. The highest BCUT2D eigenvalue weighted by molar-refractivity contribution is 14.1. The van der Waals surface area contributed by atoms with Crippen molar-refractivity contribution in [2.24, 2.45) is 0 Å². The van der Waals surface area contributed by atoms with Crippen LogP contribution in [-0.4, -0.2) is 15.7 Å². The lowest BCUT2D eigenvalue weighted by molar-refractivity contribution is 0.605. The van der Waals surface area contributed by atoms with Crippen molar-refractivity contribution in [1.82, 2.24) is 0 Å². The maximum Gasteiger partial charge on any atom is 0.0238 e. The SMILES string of the molecule is IC1CC(I)C(I)CC1I. The minimum Gasteiger partial charge on any atom is -0.0814 e. The number of rotatable bonds is 0. The van der Waals surface area contributed by atoms with Crippen LogP contribution in [0, 0.1) is 0 Å². The predicted octanol–water partition coefficient (Wildman–Crippen LogP) is 3.99. The second kappa shape index (κ2) is 4.97. The van der Waals surface area contributed by atoms with Crippen LogP contribution in [0.4, 0.5) is 0 Å². The molecule has 4 atom stereocenters. The van der Waals surface area contributed by atoms with E-state index in [1.165, 1.54) is 12.8 Å². The van der Waals surface area contributed by atoms with E-state index in [2.05, 4.69) is 90.4 Å². The highest BCUT2D eigenvalue weighted by Gasteiger charge is 2.31. The summed E-state index contributed by atoms with van der Waals surface area (Å²) in [6.45, 7) is 0. The fourth-order valence-corrected chi connectivity index (χ4v) is 6.33. The van der Waals surface area contributed by atoms with Gasteiger partial charge in [0.15, 0.2) is 0 Å². The quantitative estimate of drug-likeness (QED) is 0.297. The number of alkyl halides is 4. The monoisotopic (exact) mass is 588 g/mol. The standard InChI is InChI=1S/C6H8I4/c7-3-1-4(8)6(10)2-5(3)9/h3-6H,1-2H2. The Kier molecular flexibility index (Phi) is 5.46. The van der Waals surface area contributed by atoms with Crippen molar-refractivity contribution >= 4 is 90.4 Å². The van der Waals surface area contributed by atoms with Crippen LogP contribution in [0.25, 0.3) is 0 Å². The second-order valence-corrected chi connectivity index (χ2v) is 8.94. The molecule has 1 aliphatic carbocycles. The summed E-state index contributed by atoms with van der Waals surface area (Å²) < 4.78 is 3.63. The van der Waals surface area contributed by atoms with Crippen LogP contribution in [-0.2, 0) is 0 Å².